The van der Waals surface area contributed by atoms with Crippen LogP contribution in [0.25, 0.3) is 0 Å². The predicted molar refractivity (Wildman–Crippen MR) is 157 cm³/mol. The van der Waals surface area contributed by atoms with Gasteiger partial charge in [0.2, 0.25) is 11.8 Å². The summed E-state index contributed by atoms with van der Waals surface area (Å²) >= 11 is 12.6. The lowest BCUT2D eigenvalue weighted by Gasteiger charge is -2.47. The number of hydrogen-bond acceptors (Lipinski definition) is 4. The predicted octanol–water partition coefficient (Wildman–Crippen LogP) is 6.30. The highest BCUT2D eigenvalue weighted by Crippen LogP contribution is 2.62. The van der Waals surface area contributed by atoms with Crippen molar-refractivity contribution in [1.29, 1.82) is 0 Å². The largest absolute Gasteiger partial charge is 0.351 e. The third kappa shape index (κ3) is 4.37. The number of halogens is 3. The highest BCUT2D eigenvalue weighted by molar-refractivity contribution is 6.31. The number of carbonyl (C=O) groups is 3. The molecular weight excluding hydrogens is 564 g/mol. The van der Waals surface area contributed by atoms with Gasteiger partial charge in [0.25, 0.3) is 0 Å². The first kappa shape index (κ1) is 27.9. The standard InChI is InChI=1S/C32H30Cl2FN3O3/c1-18(39)20-10-8-19(9-11-20)17-36-29(40)28-26(22-6-5-7-24(34)27(22)35)32(31(38-28)14-3-2-4-15-31)23-13-12-21(33)16-25(23)37-30(32)41/h5-13,16,26,28,38H,2-4,14-15,17H2,1H3,(H,36,40)(H,37,41)/t26-,28+,32+/m0/s1. The van der Waals surface area contributed by atoms with Crippen LogP contribution >= 0.6 is 23.2 Å². The summed E-state index contributed by atoms with van der Waals surface area (Å²) in [6.07, 6.45) is 4.05. The number of ketones is 1. The molecule has 3 atom stereocenters. The maximum absolute atomic E-state index is 15.9. The maximum atomic E-state index is 15.9. The third-order valence-electron chi connectivity index (χ3n) is 9.13. The number of amides is 2. The van der Waals surface area contributed by atoms with Crippen molar-refractivity contribution in [1.82, 2.24) is 10.6 Å². The SMILES string of the molecule is CC(=O)c1ccc(CNC(=O)[C@@H]2NC3(CCCCC3)[C@@]3(C(=O)Nc4cc(Cl)ccc43)[C@H]2c2cccc(Cl)c2F)cc1. The minimum Gasteiger partial charge on any atom is -0.351 e. The lowest BCUT2D eigenvalue weighted by Crippen LogP contribution is -2.60. The number of Topliss-reactive ketones (excluding diaryl/α,β-unsaturated/α-hetero) is 1. The van der Waals surface area contributed by atoms with E-state index in [9.17, 15) is 14.4 Å². The molecule has 6 rings (SSSR count). The van der Waals surface area contributed by atoms with Crippen LogP contribution in [0.1, 0.15) is 72.0 Å². The number of carbonyl (C=O) groups excluding carboxylic acids is 3. The first-order chi connectivity index (χ1) is 19.7. The lowest BCUT2D eigenvalue weighted by atomic mass is 9.55. The second kappa shape index (κ2) is 10.5. The monoisotopic (exact) mass is 593 g/mol. The lowest BCUT2D eigenvalue weighted by molar-refractivity contribution is -0.124. The van der Waals surface area contributed by atoms with Gasteiger partial charge in [-0.2, -0.15) is 0 Å². The van der Waals surface area contributed by atoms with Gasteiger partial charge >= 0.3 is 0 Å². The zero-order valence-corrected chi connectivity index (χ0v) is 24.0. The Morgan fingerprint density at radius 2 is 1.76 bits per heavy atom. The molecule has 9 heteroatoms. The van der Waals surface area contributed by atoms with Crippen molar-refractivity contribution in [3.05, 3.63) is 98.8 Å². The summed E-state index contributed by atoms with van der Waals surface area (Å²) in [4.78, 5) is 40.1. The van der Waals surface area contributed by atoms with Crippen molar-refractivity contribution in [2.75, 3.05) is 5.32 Å². The second-order valence-corrected chi connectivity index (χ2v) is 12.2. The molecule has 0 aromatic heterocycles. The summed E-state index contributed by atoms with van der Waals surface area (Å²) in [5.41, 5.74) is 0.836. The van der Waals surface area contributed by atoms with Crippen LogP contribution in [0.4, 0.5) is 10.1 Å². The minimum absolute atomic E-state index is 0.0402. The molecule has 212 valence electrons. The Morgan fingerprint density at radius 3 is 2.46 bits per heavy atom. The molecule has 2 fully saturated rings. The summed E-state index contributed by atoms with van der Waals surface area (Å²) in [5.74, 6) is -2.19. The van der Waals surface area contributed by atoms with Crippen LogP contribution < -0.4 is 16.0 Å². The molecule has 3 N–H and O–H groups in total. The first-order valence-electron chi connectivity index (χ1n) is 13.9. The van der Waals surface area contributed by atoms with Gasteiger partial charge in [-0.3, -0.25) is 19.7 Å². The summed E-state index contributed by atoms with van der Waals surface area (Å²) in [6, 6.07) is 16.1. The van der Waals surface area contributed by atoms with Gasteiger partial charge in [0.05, 0.1) is 11.1 Å². The highest BCUT2D eigenvalue weighted by Gasteiger charge is 2.72. The molecule has 2 aliphatic heterocycles. The topological polar surface area (TPSA) is 87.3 Å². The van der Waals surface area contributed by atoms with Gasteiger partial charge in [-0.15, -0.1) is 0 Å². The molecule has 3 aromatic carbocycles. The van der Waals surface area contributed by atoms with E-state index in [2.05, 4.69) is 16.0 Å². The van der Waals surface area contributed by atoms with E-state index in [4.69, 9.17) is 23.2 Å². The fourth-order valence-corrected chi connectivity index (χ4v) is 7.73. The third-order valence-corrected chi connectivity index (χ3v) is 9.66. The van der Waals surface area contributed by atoms with E-state index >= 15 is 4.39 Å². The van der Waals surface area contributed by atoms with E-state index < -0.39 is 28.7 Å². The molecular formula is C32H30Cl2FN3O3. The van der Waals surface area contributed by atoms with Gasteiger partial charge in [0, 0.05) is 34.3 Å². The molecule has 41 heavy (non-hydrogen) atoms. The Balaban J connectivity index is 1.48. The Hall–Kier alpha value is -3.26. The molecule has 3 aliphatic rings. The van der Waals surface area contributed by atoms with Crippen LogP contribution in [-0.4, -0.2) is 29.2 Å². The Morgan fingerprint density at radius 1 is 1.02 bits per heavy atom. The fraction of sp³-hybridized carbons (Fsp3) is 0.344. The van der Waals surface area contributed by atoms with Crippen LogP contribution in [0.2, 0.25) is 10.0 Å². The summed E-state index contributed by atoms with van der Waals surface area (Å²) in [6.45, 7) is 1.71. The van der Waals surface area contributed by atoms with Crippen molar-refractivity contribution < 1.29 is 18.8 Å². The Bertz CT molecular complexity index is 1550. The number of hydrogen-bond donors (Lipinski definition) is 3. The van der Waals surface area contributed by atoms with E-state index in [0.717, 1.165) is 24.8 Å². The molecule has 2 amide bonds. The zero-order chi connectivity index (χ0) is 28.9. The molecule has 3 aromatic rings. The van der Waals surface area contributed by atoms with Crippen molar-refractivity contribution in [3.8, 4) is 0 Å². The molecule has 1 saturated carbocycles. The van der Waals surface area contributed by atoms with E-state index in [-0.39, 0.29) is 34.7 Å². The summed E-state index contributed by atoms with van der Waals surface area (Å²) < 4.78 is 15.9. The molecule has 0 unspecified atom stereocenters. The van der Waals surface area contributed by atoms with Crippen LogP contribution in [0.5, 0.6) is 0 Å². The van der Waals surface area contributed by atoms with E-state index in [0.29, 0.717) is 34.7 Å². The highest BCUT2D eigenvalue weighted by atomic mass is 35.5. The van der Waals surface area contributed by atoms with Gasteiger partial charge < -0.3 is 10.6 Å². The Kier molecular flexibility index (Phi) is 7.17. The molecule has 2 heterocycles. The first-order valence-corrected chi connectivity index (χ1v) is 14.6. The van der Waals surface area contributed by atoms with Gasteiger partial charge in [-0.25, -0.2) is 4.39 Å². The minimum atomic E-state index is -1.27. The number of rotatable bonds is 5. The number of anilines is 1. The van der Waals surface area contributed by atoms with E-state index in [1.165, 1.54) is 13.0 Å². The van der Waals surface area contributed by atoms with Crippen LogP contribution in [0.3, 0.4) is 0 Å². The van der Waals surface area contributed by atoms with Crippen LogP contribution in [0.15, 0.2) is 60.7 Å². The molecule has 0 radical (unpaired) electrons. The molecule has 0 bridgehead atoms. The van der Waals surface area contributed by atoms with E-state index in [1.807, 2.05) is 6.07 Å². The summed E-state index contributed by atoms with van der Waals surface area (Å²) in [5, 5.41) is 10.1. The quantitative estimate of drug-likeness (QED) is 0.303. The van der Waals surface area contributed by atoms with E-state index in [1.54, 1.807) is 48.5 Å². The van der Waals surface area contributed by atoms with Crippen molar-refractivity contribution >= 4 is 46.5 Å². The summed E-state index contributed by atoms with van der Waals surface area (Å²) in [7, 11) is 0. The number of nitrogens with one attached hydrogen (secondary N) is 3. The van der Waals surface area contributed by atoms with Gasteiger partial charge in [0.15, 0.2) is 5.78 Å². The fourth-order valence-electron chi connectivity index (χ4n) is 7.37. The zero-order valence-electron chi connectivity index (χ0n) is 22.5. The normalized spacial score (nSPS) is 24.3. The van der Waals surface area contributed by atoms with Crippen LogP contribution in [0, 0.1) is 5.82 Å². The van der Waals surface area contributed by atoms with Gasteiger partial charge in [0.1, 0.15) is 11.2 Å². The average molecular weight is 595 g/mol. The Labute approximate surface area is 248 Å². The number of benzene rings is 3. The molecule has 1 saturated heterocycles. The second-order valence-electron chi connectivity index (χ2n) is 11.3. The van der Waals surface area contributed by atoms with Crippen LogP contribution in [-0.2, 0) is 21.5 Å². The molecule has 2 spiro atoms. The van der Waals surface area contributed by atoms with Crippen molar-refractivity contribution in [3.63, 3.8) is 0 Å². The van der Waals surface area contributed by atoms with Gasteiger partial charge in [-0.05, 0) is 54.7 Å². The number of fused-ring (bicyclic) bond motifs is 3. The van der Waals surface area contributed by atoms with Crippen molar-refractivity contribution in [2.45, 2.75) is 68.5 Å². The maximum Gasteiger partial charge on any atom is 0.238 e. The molecule has 6 nitrogen and oxygen atoms in total. The van der Waals surface area contributed by atoms with Gasteiger partial charge in [-0.1, -0.05) is 84.9 Å². The smallest absolute Gasteiger partial charge is 0.238 e. The average Bonchev–Trinajstić information content (AvgIpc) is 3.41. The molecule has 1 aliphatic carbocycles. The van der Waals surface area contributed by atoms with Crippen molar-refractivity contribution in [2.24, 2.45) is 0 Å².